The van der Waals surface area contributed by atoms with Crippen molar-refractivity contribution >= 4 is 5.97 Å². The standard InChI is InChI=1S/C13H26N2O3/c1-10-11(6-9-18-10)15(4)8-7-13(2,14-3)12(16)17-5/h10-11,14H,6-9H2,1-5H3. The number of hydrogen-bond donors (Lipinski definition) is 1. The molecule has 1 N–H and O–H groups in total. The number of likely N-dealkylation sites (N-methyl/N-ethyl adjacent to an activating group) is 2. The Morgan fingerprint density at radius 1 is 1.61 bits per heavy atom. The summed E-state index contributed by atoms with van der Waals surface area (Å²) in [5.41, 5.74) is -0.619. The van der Waals surface area contributed by atoms with E-state index in [1.165, 1.54) is 7.11 Å². The third kappa shape index (κ3) is 3.43. The van der Waals surface area contributed by atoms with Crippen LogP contribution in [0.4, 0.5) is 0 Å². The van der Waals surface area contributed by atoms with Crippen LogP contribution >= 0.6 is 0 Å². The third-order valence-electron chi connectivity index (χ3n) is 4.05. The fraction of sp³-hybridized carbons (Fsp3) is 0.923. The van der Waals surface area contributed by atoms with Gasteiger partial charge >= 0.3 is 5.97 Å². The first-order valence-corrected chi connectivity index (χ1v) is 6.53. The highest BCUT2D eigenvalue weighted by molar-refractivity contribution is 5.80. The second-order valence-corrected chi connectivity index (χ2v) is 5.24. The number of ether oxygens (including phenoxy) is 2. The van der Waals surface area contributed by atoms with Crippen LogP contribution in [-0.4, -0.2) is 62.9 Å². The van der Waals surface area contributed by atoms with Crippen molar-refractivity contribution in [3.05, 3.63) is 0 Å². The summed E-state index contributed by atoms with van der Waals surface area (Å²) >= 11 is 0. The highest BCUT2D eigenvalue weighted by Crippen LogP contribution is 2.20. The number of nitrogens with one attached hydrogen (secondary N) is 1. The molecule has 3 atom stereocenters. The van der Waals surface area contributed by atoms with Crippen molar-refractivity contribution in [3.8, 4) is 0 Å². The van der Waals surface area contributed by atoms with E-state index in [1.54, 1.807) is 7.05 Å². The minimum Gasteiger partial charge on any atom is -0.468 e. The quantitative estimate of drug-likeness (QED) is 0.708. The summed E-state index contributed by atoms with van der Waals surface area (Å²) in [7, 11) is 5.30. The molecule has 1 aliphatic heterocycles. The average molecular weight is 258 g/mol. The molecule has 0 radical (unpaired) electrons. The number of esters is 1. The molecule has 0 aromatic heterocycles. The molecule has 18 heavy (non-hydrogen) atoms. The zero-order valence-electron chi connectivity index (χ0n) is 12.2. The Morgan fingerprint density at radius 2 is 2.28 bits per heavy atom. The average Bonchev–Trinajstić information content (AvgIpc) is 2.80. The Hall–Kier alpha value is -0.650. The molecule has 0 aromatic rings. The molecule has 1 heterocycles. The summed E-state index contributed by atoms with van der Waals surface area (Å²) in [6, 6.07) is 0.448. The lowest BCUT2D eigenvalue weighted by Gasteiger charge is -2.31. The maximum Gasteiger partial charge on any atom is 0.325 e. The third-order valence-corrected chi connectivity index (χ3v) is 4.05. The Bertz CT molecular complexity index is 285. The first-order valence-electron chi connectivity index (χ1n) is 6.53. The van der Waals surface area contributed by atoms with Crippen LogP contribution in [0.25, 0.3) is 0 Å². The number of carbonyl (C=O) groups excluding carboxylic acids is 1. The van der Waals surface area contributed by atoms with Gasteiger partial charge in [0.1, 0.15) is 5.54 Å². The lowest BCUT2D eigenvalue weighted by Crippen LogP contribution is -2.51. The van der Waals surface area contributed by atoms with E-state index < -0.39 is 5.54 Å². The van der Waals surface area contributed by atoms with Gasteiger partial charge in [-0.15, -0.1) is 0 Å². The number of methoxy groups -OCH3 is 1. The zero-order chi connectivity index (χ0) is 13.8. The van der Waals surface area contributed by atoms with E-state index in [-0.39, 0.29) is 12.1 Å². The number of hydrogen-bond acceptors (Lipinski definition) is 5. The van der Waals surface area contributed by atoms with E-state index in [1.807, 2.05) is 6.92 Å². The normalized spacial score (nSPS) is 27.2. The van der Waals surface area contributed by atoms with Crippen molar-refractivity contribution < 1.29 is 14.3 Å². The van der Waals surface area contributed by atoms with Crippen LogP contribution in [0, 0.1) is 0 Å². The predicted molar refractivity (Wildman–Crippen MR) is 70.5 cm³/mol. The van der Waals surface area contributed by atoms with Crippen LogP contribution in [0.1, 0.15) is 26.7 Å². The van der Waals surface area contributed by atoms with Crippen LogP contribution in [0.15, 0.2) is 0 Å². The number of rotatable bonds is 6. The molecular formula is C13H26N2O3. The molecule has 1 saturated heterocycles. The van der Waals surface area contributed by atoms with E-state index in [0.717, 1.165) is 26.0 Å². The number of carbonyl (C=O) groups is 1. The van der Waals surface area contributed by atoms with Crippen LogP contribution < -0.4 is 5.32 Å². The molecule has 3 unspecified atom stereocenters. The lowest BCUT2D eigenvalue weighted by atomic mass is 9.97. The smallest absolute Gasteiger partial charge is 0.325 e. The van der Waals surface area contributed by atoms with Gasteiger partial charge in [0.05, 0.1) is 13.2 Å². The van der Waals surface area contributed by atoms with Gasteiger partial charge in [-0.1, -0.05) is 0 Å². The molecule has 106 valence electrons. The summed E-state index contributed by atoms with van der Waals surface area (Å²) in [5, 5.41) is 3.05. The molecule has 0 saturated carbocycles. The largest absolute Gasteiger partial charge is 0.468 e. The van der Waals surface area contributed by atoms with Gasteiger partial charge in [0.15, 0.2) is 0 Å². The van der Waals surface area contributed by atoms with Crippen LogP contribution in [0.3, 0.4) is 0 Å². The van der Waals surface area contributed by atoms with Gasteiger partial charge < -0.3 is 19.7 Å². The highest BCUT2D eigenvalue weighted by atomic mass is 16.5. The van der Waals surface area contributed by atoms with Gasteiger partial charge in [-0.2, -0.15) is 0 Å². The summed E-state index contributed by atoms with van der Waals surface area (Å²) in [4.78, 5) is 14.0. The SMILES string of the molecule is CNC(C)(CCN(C)C1CCOC1C)C(=O)OC. The Labute approximate surface area is 110 Å². The topological polar surface area (TPSA) is 50.8 Å². The molecule has 5 heteroatoms. The van der Waals surface area contributed by atoms with Crippen molar-refractivity contribution in [2.24, 2.45) is 0 Å². The monoisotopic (exact) mass is 258 g/mol. The second-order valence-electron chi connectivity index (χ2n) is 5.24. The molecule has 0 aromatic carbocycles. The predicted octanol–water partition coefficient (Wildman–Crippen LogP) is 0.637. The maximum absolute atomic E-state index is 11.7. The summed E-state index contributed by atoms with van der Waals surface area (Å²) in [6.45, 7) is 5.65. The lowest BCUT2D eigenvalue weighted by molar-refractivity contribution is -0.148. The van der Waals surface area contributed by atoms with Crippen molar-refractivity contribution in [2.75, 3.05) is 34.4 Å². The molecule has 1 aliphatic rings. The van der Waals surface area contributed by atoms with E-state index in [4.69, 9.17) is 9.47 Å². The fourth-order valence-corrected chi connectivity index (χ4v) is 2.42. The molecular weight excluding hydrogens is 232 g/mol. The van der Waals surface area contributed by atoms with E-state index in [2.05, 4.69) is 24.2 Å². The van der Waals surface area contributed by atoms with Gasteiger partial charge in [-0.05, 0) is 40.8 Å². The molecule has 0 bridgehead atoms. The Kier molecular flexibility index (Phi) is 5.56. The minimum atomic E-state index is -0.619. The number of nitrogens with zero attached hydrogens (tertiary/aromatic N) is 1. The van der Waals surface area contributed by atoms with Gasteiger partial charge in [-0.3, -0.25) is 4.79 Å². The zero-order valence-corrected chi connectivity index (χ0v) is 12.2. The molecule has 1 fully saturated rings. The molecule has 1 rings (SSSR count). The summed E-state index contributed by atoms with van der Waals surface area (Å²) in [5.74, 6) is -0.214. The van der Waals surface area contributed by atoms with Crippen molar-refractivity contribution in [2.45, 2.75) is 44.4 Å². The van der Waals surface area contributed by atoms with E-state index in [0.29, 0.717) is 6.04 Å². The van der Waals surface area contributed by atoms with Gasteiger partial charge in [0.25, 0.3) is 0 Å². The molecule has 5 nitrogen and oxygen atoms in total. The van der Waals surface area contributed by atoms with Gasteiger partial charge in [-0.25, -0.2) is 0 Å². The maximum atomic E-state index is 11.7. The van der Waals surface area contributed by atoms with E-state index >= 15 is 0 Å². The van der Waals surface area contributed by atoms with Crippen molar-refractivity contribution in [3.63, 3.8) is 0 Å². The van der Waals surface area contributed by atoms with Crippen LogP contribution in [0.2, 0.25) is 0 Å². The Balaban J connectivity index is 2.49. The molecule has 0 aliphatic carbocycles. The van der Waals surface area contributed by atoms with Gasteiger partial charge in [0, 0.05) is 19.2 Å². The minimum absolute atomic E-state index is 0.214. The van der Waals surface area contributed by atoms with Gasteiger partial charge in [0.2, 0.25) is 0 Å². The fourth-order valence-electron chi connectivity index (χ4n) is 2.42. The first kappa shape index (κ1) is 15.4. The molecule has 0 spiro atoms. The molecule has 0 amide bonds. The van der Waals surface area contributed by atoms with Crippen molar-refractivity contribution in [1.29, 1.82) is 0 Å². The second kappa shape index (κ2) is 6.50. The highest BCUT2D eigenvalue weighted by Gasteiger charge is 2.34. The van der Waals surface area contributed by atoms with Crippen LogP contribution in [-0.2, 0) is 14.3 Å². The summed E-state index contributed by atoms with van der Waals surface area (Å²) in [6.07, 6.45) is 2.05. The summed E-state index contributed by atoms with van der Waals surface area (Å²) < 4.78 is 10.4. The van der Waals surface area contributed by atoms with E-state index in [9.17, 15) is 4.79 Å². The Morgan fingerprint density at radius 3 is 2.72 bits per heavy atom. The van der Waals surface area contributed by atoms with Crippen LogP contribution in [0.5, 0.6) is 0 Å². The first-order chi connectivity index (χ1) is 8.44. The van der Waals surface area contributed by atoms with Crippen molar-refractivity contribution in [1.82, 2.24) is 10.2 Å².